The number of aliphatic hydroxyl groups excluding tert-OH is 2. The third kappa shape index (κ3) is 1.50. The monoisotopic (exact) mass is 278 g/mol. The van der Waals surface area contributed by atoms with Gasteiger partial charge < -0.3 is 14.9 Å². The molecular weight excluding hydrogens is 260 g/mol. The minimum absolute atomic E-state index is 0.0817. The molecule has 1 fully saturated rings. The zero-order chi connectivity index (χ0) is 14.7. The van der Waals surface area contributed by atoms with E-state index in [1.54, 1.807) is 6.92 Å². The summed E-state index contributed by atoms with van der Waals surface area (Å²) in [6.45, 7) is 3.25. The van der Waals surface area contributed by atoms with Crippen LogP contribution in [0.4, 0.5) is 0 Å². The minimum atomic E-state index is -1.10. The van der Waals surface area contributed by atoms with Gasteiger partial charge in [0, 0.05) is 5.57 Å². The van der Waals surface area contributed by atoms with E-state index in [0.717, 1.165) is 0 Å². The Kier molecular flexibility index (Phi) is 2.88. The van der Waals surface area contributed by atoms with E-state index in [1.165, 1.54) is 6.08 Å². The van der Waals surface area contributed by atoms with E-state index >= 15 is 0 Å². The average molecular weight is 278 g/mol. The Morgan fingerprint density at radius 1 is 1.45 bits per heavy atom. The molecule has 0 amide bonds. The van der Waals surface area contributed by atoms with Crippen LogP contribution >= 0.6 is 0 Å². The van der Waals surface area contributed by atoms with E-state index in [2.05, 4.69) is 0 Å². The summed E-state index contributed by atoms with van der Waals surface area (Å²) in [5, 5.41) is 20.1. The summed E-state index contributed by atoms with van der Waals surface area (Å²) >= 11 is 0. The first-order chi connectivity index (χ1) is 9.41. The van der Waals surface area contributed by atoms with Crippen molar-refractivity contribution in [1.82, 2.24) is 0 Å². The molecule has 5 heteroatoms. The van der Waals surface area contributed by atoms with E-state index in [0.29, 0.717) is 12.0 Å². The van der Waals surface area contributed by atoms with Gasteiger partial charge in [0.05, 0.1) is 23.7 Å². The van der Waals surface area contributed by atoms with Crippen LogP contribution in [0, 0.1) is 17.3 Å². The first-order valence-electron chi connectivity index (χ1n) is 6.86. The summed E-state index contributed by atoms with van der Waals surface area (Å²) in [7, 11) is 0. The third-order valence-corrected chi connectivity index (χ3v) is 5.09. The van der Waals surface area contributed by atoms with Crippen molar-refractivity contribution in [2.24, 2.45) is 17.3 Å². The Morgan fingerprint density at radius 3 is 2.80 bits per heavy atom. The maximum Gasteiger partial charge on any atom is 0.337 e. The largest absolute Gasteiger partial charge is 0.454 e. The molecule has 5 nitrogen and oxygen atoms in total. The summed E-state index contributed by atoms with van der Waals surface area (Å²) in [4.78, 5) is 24.0. The number of hydrogen-bond donors (Lipinski definition) is 2. The molecule has 0 spiro atoms. The van der Waals surface area contributed by atoms with E-state index in [-0.39, 0.29) is 23.2 Å². The molecule has 0 aromatic heterocycles. The van der Waals surface area contributed by atoms with Crippen molar-refractivity contribution in [3.05, 3.63) is 23.3 Å². The molecule has 2 aliphatic carbocycles. The van der Waals surface area contributed by atoms with E-state index in [4.69, 9.17) is 4.74 Å². The van der Waals surface area contributed by atoms with Crippen LogP contribution in [0.1, 0.15) is 20.3 Å². The van der Waals surface area contributed by atoms with Crippen molar-refractivity contribution >= 4 is 11.8 Å². The number of ether oxygens (including phenoxy) is 1. The summed E-state index contributed by atoms with van der Waals surface area (Å²) in [6, 6.07) is 0. The molecule has 5 atom stereocenters. The molecule has 0 saturated heterocycles. The van der Waals surface area contributed by atoms with Crippen LogP contribution in [0.3, 0.4) is 0 Å². The zero-order valence-electron chi connectivity index (χ0n) is 11.5. The highest BCUT2D eigenvalue weighted by Gasteiger charge is 2.57. The number of carbonyl (C=O) groups is 2. The molecular formula is C15H18O5. The van der Waals surface area contributed by atoms with Crippen LogP contribution in [0.25, 0.3) is 0 Å². The SMILES string of the molecule is C[C@@H]1C[C@H]2OC(=O)C(CO)=C2[C@H](O)[C@]2(C)C(=O)C=C[C@@H]12. The van der Waals surface area contributed by atoms with Crippen molar-refractivity contribution in [3.8, 4) is 0 Å². The predicted octanol–water partition coefficient (Wildman–Crippen LogP) is 0.363. The maximum atomic E-state index is 12.2. The lowest BCUT2D eigenvalue weighted by Crippen LogP contribution is -2.44. The van der Waals surface area contributed by atoms with Gasteiger partial charge in [0.15, 0.2) is 5.78 Å². The molecule has 1 heterocycles. The molecule has 0 aromatic carbocycles. The molecule has 3 rings (SSSR count). The number of ketones is 1. The molecule has 20 heavy (non-hydrogen) atoms. The second kappa shape index (κ2) is 4.27. The van der Waals surface area contributed by atoms with Crippen LogP contribution in [0.15, 0.2) is 23.3 Å². The highest BCUT2D eigenvalue weighted by atomic mass is 16.6. The van der Waals surface area contributed by atoms with Crippen molar-refractivity contribution in [1.29, 1.82) is 0 Å². The number of esters is 1. The second-order valence-corrected chi connectivity index (χ2v) is 6.13. The van der Waals surface area contributed by atoms with Crippen LogP contribution in [0.2, 0.25) is 0 Å². The Hall–Kier alpha value is -1.46. The van der Waals surface area contributed by atoms with Crippen LogP contribution in [-0.2, 0) is 14.3 Å². The minimum Gasteiger partial charge on any atom is -0.454 e. The second-order valence-electron chi connectivity index (χ2n) is 6.13. The van der Waals surface area contributed by atoms with Gasteiger partial charge in [-0.3, -0.25) is 4.79 Å². The Morgan fingerprint density at radius 2 is 2.15 bits per heavy atom. The van der Waals surface area contributed by atoms with Crippen LogP contribution in [0.5, 0.6) is 0 Å². The third-order valence-electron chi connectivity index (χ3n) is 5.09. The van der Waals surface area contributed by atoms with Gasteiger partial charge in [0.25, 0.3) is 0 Å². The molecule has 0 unspecified atom stereocenters. The topological polar surface area (TPSA) is 83.8 Å². The molecule has 1 saturated carbocycles. The summed E-state index contributed by atoms with van der Waals surface area (Å²) in [5.74, 6) is -0.696. The smallest absolute Gasteiger partial charge is 0.337 e. The van der Waals surface area contributed by atoms with Gasteiger partial charge in [-0.05, 0) is 31.3 Å². The van der Waals surface area contributed by atoms with Crippen molar-refractivity contribution in [3.63, 3.8) is 0 Å². The molecule has 3 aliphatic rings. The number of allylic oxidation sites excluding steroid dienone is 2. The fraction of sp³-hybridized carbons (Fsp3) is 0.600. The van der Waals surface area contributed by atoms with Gasteiger partial charge in [-0.2, -0.15) is 0 Å². The predicted molar refractivity (Wildman–Crippen MR) is 69.5 cm³/mol. The first kappa shape index (κ1) is 13.5. The summed E-state index contributed by atoms with van der Waals surface area (Å²) in [6.07, 6.45) is 2.29. The number of fused-ring (bicyclic) bond motifs is 2. The van der Waals surface area contributed by atoms with E-state index in [1.807, 2.05) is 13.0 Å². The number of hydrogen-bond acceptors (Lipinski definition) is 5. The van der Waals surface area contributed by atoms with Crippen LogP contribution < -0.4 is 0 Å². The van der Waals surface area contributed by atoms with Gasteiger partial charge in [-0.1, -0.05) is 13.0 Å². The first-order valence-corrected chi connectivity index (χ1v) is 6.86. The van der Waals surface area contributed by atoms with Gasteiger partial charge in [-0.25, -0.2) is 4.79 Å². The Balaban J connectivity index is 2.16. The fourth-order valence-corrected chi connectivity index (χ4v) is 3.89. The van der Waals surface area contributed by atoms with Gasteiger partial charge in [-0.15, -0.1) is 0 Å². The van der Waals surface area contributed by atoms with E-state index < -0.39 is 30.2 Å². The highest BCUT2D eigenvalue weighted by Crippen LogP contribution is 2.51. The van der Waals surface area contributed by atoms with Crippen molar-refractivity contribution in [2.45, 2.75) is 32.5 Å². The quantitative estimate of drug-likeness (QED) is 0.677. The maximum absolute atomic E-state index is 12.2. The molecule has 0 aromatic rings. The lowest BCUT2D eigenvalue weighted by molar-refractivity contribution is -0.140. The fourth-order valence-electron chi connectivity index (χ4n) is 3.89. The Labute approximate surface area is 116 Å². The van der Waals surface area contributed by atoms with Crippen molar-refractivity contribution in [2.75, 3.05) is 6.61 Å². The average Bonchev–Trinajstić information content (AvgIpc) is 2.85. The number of carbonyl (C=O) groups excluding carboxylic acids is 2. The molecule has 108 valence electrons. The normalized spacial score (nSPS) is 43.4. The van der Waals surface area contributed by atoms with Gasteiger partial charge >= 0.3 is 5.97 Å². The zero-order valence-corrected chi connectivity index (χ0v) is 11.5. The summed E-state index contributed by atoms with van der Waals surface area (Å²) < 4.78 is 5.27. The van der Waals surface area contributed by atoms with Gasteiger partial charge in [0.1, 0.15) is 6.10 Å². The molecule has 0 bridgehead atoms. The number of rotatable bonds is 1. The highest BCUT2D eigenvalue weighted by molar-refractivity contribution is 5.99. The van der Waals surface area contributed by atoms with E-state index in [9.17, 15) is 19.8 Å². The summed E-state index contributed by atoms with van der Waals surface area (Å²) in [5.41, 5.74) is -0.472. The Bertz CT molecular complexity index is 546. The standard InChI is InChI=1S/C15H18O5/c1-7-5-10-12(8(6-16)14(19)20-10)13(18)15(2)9(7)3-4-11(15)17/h3-4,7,9-10,13,16,18H,5-6H2,1-2H3/t7-,9+,10-,13+,15+/m1/s1. The van der Waals surface area contributed by atoms with Crippen LogP contribution in [-0.4, -0.2) is 40.8 Å². The number of aliphatic hydroxyl groups is 2. The lowest BCUT2D eigenvalue weighted by Gasteiger charge is -2.35. The van der Waals surface area contributed by atoms with Gasteiger partial charge in [0.2, 0.25) is 0 Å². The molecule has 2 N–H and O–H groups in total. The molecule has 1 aliphatic heterocycles. The lowest BCUT2D eigenvalue weighted by atomic mass is 9.69. The molecule has 0 radical (unpaired) electrons. The van der Waals surface area contributed by atoms with Crippen molar-refractivity contribution < 1.29 is 24.5 Å².